The van der Waals surface area contributed by atoms with Gasteiger partial charge in [-0.05, 0) is 37.3 Å². The quantitative estimate of drug-likeness (QED) is 0.597. The van der Waals surface area contributed by atoms with E-state index < -0.39 is 0 Å². The van der Waals surface area contributed by atoms with E-state index in [9.17, 15) is 4.79 Å². The molecule has 0 saturated heterocycles. The summed E-state index contributed by atoms with van der Waals surface area (Å²) in [6.45, 7) is 1.76. The van der Waals surface area contributed by atoms with Crippen LogP contribution in [0.2, 0.25) is 5.02 Å². The molecule has 4 N–H and O–H groups in total. The largest absolute Gasteiger partial charge is 0.322 e. The van der Waals surface area contributed by atoms with Crippen LogP contribution < -0.4 is 16.6 Å². The number of nitrogens with two attached hydrogens (primary N) is 1. The number of nitrogens with one attached hydrogen (secondary N) is 2. The average Bonchev–Trinajstić information content (AvgIpc) is 2.46. The molecule has 0 aliphatic heterocycles. The molecule has 1 heterocycles. The van der Waals surface area contributed by atoms with E-state index in [-0.39, 0.29) is 10.9 Å². The van der Waals surface area contributed by atoms with Gasteiger partial charge in [-0.1, -0.05) is 11.6 Å². The lowest BCUT2D eigenvalue weighted by Gasteiger charge is -2.08. The lowest BCUT2D eigenvalue weighted by atomic mass is 10.2. The van der Waals surface area contributed by atoms with Crippen molar-refractivity contribution in [2.75, 3.05) is 10.7 Å². The first kappa shape index (κ1) is 14.8. The Labute approximate surface area is 126 Å². The Morgan fingerprint density at radius 3 is 2.76 bits per heavy atom. The van der Waals surface area contributed by atoms with Crippen LogP contribution in [-0.2, 0) is 0 Å². The number of aromatic nitrogens is 1. The van der Waals surface area contributed by atoms with Crippen molar-refractivity contribution in [2.45, 2.75) is 6.92 Å². The van der Waals surface area contributed by atoms with Crippen LogP contribution in [0.3, 0.4) is 0 Å². The molecule has 1 amide bonds. The molecular formula is C14H12ClN5O. The van der Waals surface area contributed by atoms with Crippen LogP contribution in [0.15, 0.2) is 30.3 Å². The van der Waals surface area contributed by atoms with Gasteiger partial charge < -0.3 is 10.7 Å². The molecule has 1 aromatic heterocycles. The minimum atomic E-state index is -0.322. The van der Waals surface area contributed by atoms with Crippen molar-refractivity contribution in [3.8, 4) is 6.07 Å². The van der Waals surface area contributed by atoms with E-state index in [1.54, 1.807) is 25.1 Å². The molecule has 0 aliphatic rings. The highest BCUT2D eigenvalue weighted by Gasteiger charge is 2.10. The number of anilines is 2. The summed E-state index contributed by atoms with van der Waals surface area (Å²) in [5, 5.41) is 11.8. The van der Waals surface area contributed by atoms with Crippen LogP contribution in [0.5, 0.6) is 0 Å². The van der Waals surface area contributed by atoms with Crippen LogP contribution in [0.4, 0.5) is 11.5 Å². The molecule has 0 bridgehead atoms. The van der Waals surface area contributed by atoms with Gasteiger partial charge >= 0.3 is 0 Å². The number of halogens is 1. The Balaban J connectivity index is 2.24. The van der Waals surface area contributed by atoms with E-state index in [4.69, 9.17) is 22.7 Å². The maximum atomic E-state index is 12.2. The number of carbonyl (C=O) groups is 1. The number of nitriles is 1. The Bertz CT molecular complexity index is 739. The molecule has 7 heteroatoms. The molecule has 1 aromatic carbocycles. The Morgan fingerprint density at radius 2 is 2.14 bits per heavy atom. The van der Waals surface area contributed by atoms with Crippen molar-refractivity contribution in [1.82, 2.24) is 4.98 Å². The van der Waals surface area contributed by atoms with Crippen molar-refractivity contribution in [2.24, 2.45) is 5.84 Å². The number of pyridine rings is 1. The Morgan fingerprint density at radius 1 is 1.38 bits per heavy atom. The number of aryl methyl sites for hydroxylation is 1. The maximum absolute atomic E-state index is 12.2. The summed E-state index contributed by atoms with van der Waals surface area (Å²) in [5.74, 6) is 5.38. The normalized spacial score (nSPS) is 9.81. The summed E-state index contributed by atoms with van der Waals surface area (Å²) in [5.41, 5.74) is 4.33. The van der Waals surface area contributed by atoms with Gasteiger partial charge in [-0.3, -0.25) is 4.79 Å². The van der Waals surface area contributed by atoms with E-state index >= 15 is 0 Å². The molecule has 0 unspecified atom stereocenters. The van der Waals surface area contributed by atoms with Gasteiger partial charge in [0.2, 0.25) is 0 Å². The molecule has 21 heavy (non-hydrogen) atoms. The maximum Gasteiger partial charge on any atom is 0.255 e. The van der Waals surface area contributed by atoms with E-state index in [1.165, 1.54) is 12.1 Å². The highest BCUT2D eigenvalue weighted by molar-refractivity contribution is 6.32. The number of benzene rings is 1. The molecule has 6 nitrogen and oxygen atoms in total. The predicted molar refractivity (Wildman–Crippen MR) is 80.9 cm³/mol. The summed E-state index contributed by atoms with van der Waals surface area (Å²) in [4.78, 5) is 16.3. The Hall–Kier alpha value is -2.62. The fraction of sp³-hybridized carbons (Fsp3) is 0.0714. The molecular weight excluding hydrogens is 290 g/mol. The van der Waals surface area contributed by atoms with Crippen LogP contribution >= 0.6 is 11.6 Å². The molecule has 0 aliphatic carbocycles. The lowest BCUT2D eigenvalue weighted by Crippen LogP contribution is -2.15. The predicted octanol–water partition coefficient (Wildman–Crippen LogP) is 2.45. The lowest BCUT2D eigenvalue weighted by molar-refractivity contribution is 0.102. The van der Waals surface area contributed by atoms with Crippen molar-refractivity contribution in [1.29, 1.82) is 5.26 Å². The molecule has 0 radical (unpaired) electrons. The third kappa shape index (κ3) is 3.48. The van der Waals surface area contributed by atoms with Crippen LogP contribution in [-0.4, -0.2) is 10.9 Å². The molecule has 2 aromatic rings. The van der Waals surface area contributed by atoms with Gasteiger partial charge in [-0.15, -0.1) is 0 Å². The number of amides is 1. The van der Waals surface area contributed by atoms with Crippen molar-refractivity contribution < 1.29 is 4.79 Å². The first-order valence-electron chi connectivity index (χ1n) is 6.00. The smallest absolute Gasteiger partial charge is 0.255 e. The monoisotopic (exact) mass is 301 g/mol. The van der Waals surface area contributed by atoms with E-state index in [2.05, 4.69) is 15.7 Å². The second kappa shape index (κ2) is 6.22. The highest BCUT2D eigenvalue weighted by Crippen LogP contribution is 2.21. The van der Waals surface area contributed by atoms with Crippen LogP contribution in [0, 0.1) is 18.3 Å². The molecule has 0 saturated carbocycles. The molecule has 0 spiro atoms. The van der Waals surface area contributed by atoms with Crippen molar-refractivity contribution in [3.05, 3.63) is 52.2 Å². The first-order chi connectivity index (χ1) is 10.0. The standard InChI is InChI=1S/C14H12ClN5O/c1-8-4-10(5-13(18-8)20-17)14(21)19-11-3-2-9(7-16)12(15)6-11/h2-6H,17H2,1H3,(H,18,20)(H,19,21). The van der Waals surface area contributed by atoms with E-state index in [1.807, 2.05) is 6.07 Å². The highest BCUT2D eigenvalue weighted by atomic mass is 35.5. The average molecular weight is 302 g/mol. The number of hydrazine groups is 1. The fourth-order valence-electron chi connectivity index (χ4n) is 1.76. The minimum absolute atomic E-state index is 0.283. The summed E-state index contributed by atoms with van der Waals surface area (Å²) in [7, 11) is 0. The van der Waals surface area contributed by atoms with Gasteiger partial charge in [-0.2, -0.15) is 5.26 Å². The second-order valence-electron chi connectivity index (χ2n) is 4.29. The van der Waals surface area contributed by atoms with Gasteiger partial charge in [0.25, 0.3) is 5.91 Å². The van der Waals surface area contributed by atoms with E-state index in [0.29, 0.717) is 28.3 Å². The molecule has 0 atom stereocenters. The number of carbonyl (C=O) groups excluding carboxylic acids is 1. The molecule has 106 valence electrons. The summed E-state index contributed by atoms with van der Waals surface area (Å²) in [6.07, 6.45) is 0. The number of nitrogens with zero attached hydrogens (tertiary/aromatic N) is 2. The van der Waals surface area contributed by atoms with Gasteiger partial charge in [0, 0.05) is 16.9 Å². The van der Waals surface area contributed by atoms with Crippen LogP contribution in [0.1, 0.15) is 21.6 Å². The van der Waals surface area contributed by atoms with Gasteiger partial charge in [0.15, 0.2) is 0 Å². The number of hydrogen-bond donors (Lipinski definition) is 3. The van der Waals surface area contributed by atoms with Gasteiger partial charge in [0.05, 0.1) is 10.6 Å². The zero-order chi connectivity index (χ0) is 15.4. The summed E-state index contributed by atoms with van der Waals surface area (Å²) in [6, 6.07) is 9.81. The fourth-order valence-corrected chi connectivity index (χ4v) is 1.98. The topological polar surface area (TPSA) is 104 Å². The zero-order valence-corrected chi connectivity index (χ0v) is 11.9. The zero-order valence-electron chi connectivity index (χ0n) is 11.1. The SMILES string of the molecule is Cc1cc(C(=O)Nc2ccc(C#N)c(Cl)c2)cc(NN)n1. The Kier molecular flexibility index (Phi) is 4.38. The van der Waals surface area contributed by atoms with Gasteiger partial charge in [-0.25, -0.2) is 10.8 Å². The second-order valence-corrected chi connectivity index (χ2v) is 4.69. The third-order valence-electron chi connectivity index (χ3n) is 2.71. The first-order valence-corrected chi connectivity index (χ1v) is 6.37. The third-order valence-corrected chi connectivity index (χ3v) is 3.02. The molecule has 2 rings (SSSR count). The summed E-state index contributed by atoms with van der Waals surface area (Å²) < 4.78 is 0. The summed E-state index contributed by atoms with van der Waals surface area (Å²) >= 11 is 5.92. The minimum Gasteiger partial charge on any atom is -0.322 e. The van der Waals surface area contributed by atoms with E-state index in [0.717, 1.165) is 0 Å². The van der Waals surface area contributed by atoms with Gasteiger partial charge in [0.1, 0.15) is 11.9 Å². The number of hydrogen-bond acceptors (Lipinski definition) is 5. The number of rotatable bonds is 3. The van der Waals surface area contributed by atoms with Crippen LogP contribution in [0.25, 0.3) is 0 Å². The van der Waals surface area contributed by atoms with Crippen molar-refractivity contribution in [3.63, 3.8) is 0 Å². The number of nitrogen functional groups attached to an aromatic ring is 1. The molecule has 0 fully saturated rings. The van der Waals surface area contributed by atoms with Crippen molar-refractivity contribution >= 4 is 29.0 Å².